The maximum Gasteiger partial charge on any atom is 0.151 e. The van der Waals surface area contributed by atoms with E-state index in [1.165, 1.54) is 38.5 Å². The Hall–Kier alpha value is -2.24. The summed E-state index contributed by atoms with van der Waals surface area (Å²) < 4.78 is 0. The van der Waals surface area contributed by atoms with E-state index in [1.807, 2.05) is 0 Å². The highest BCUT2D eigenvalue weighted by atomic mass is 15.0. The summed E-state index contributed by atoms with van der Waals surface area (Å²) in [4.78, 5) is 18.0. The molecule has 0 spiro atoms. The Labute approximate surface area is 156 Å². The van der Waals surface area contributed by atoms with Gasteiger partial charge in [0.25, 0.3) is 0 Å². The molecule has 6 nitrogen and oxygen atoms in total. The lowest BCUT2D eigenvalue weighted by atomic mass is 10.1. The topological polar surface area (TPSA) is 104 Å². The van der Waals surface area contributed by atoms with Crippen LogP contribution in [0.15, 0.2) is 12.4 Å². The number of anilines is 2. The van der Waals surface area contributed by atoms with Gasteiger partial charge in [0.15, 0.2) is 11.6 Å². The van der Waals surface area contributed by atoms with Crippen LogP contribution in [0.2, 0.25) is 0 Å². The third-order valence-corrected chi connectivity index (χ3v) is 4.50. The number of aromatic nitrogens is 4. The Kier molecular flexibility index (Phi) is 8.25. The standard InChI is InChI=1S/C20H32N6/c1-3-5-7-9-11-15-13-23-19(21)17(25-15)18-20(22)24-14-16(26-18)12-10-8-6-4-2/h13-14H,3-12H2,1-2H3,(H2,21,23)(H2,22,24). The van der Waals surface area contributed by atoms with Gasteiger partial charge in [-0.3, -0.25) is 0 Å². The molecule has 0 unspecified atom stereocenters. The Morgan fingerprint density at radius 2 is 1.08 bits per heavy atom. The van der Waals surface area contributed by atoms with Crippen LogP contribution in [-0.2, 0) is 12.8 Å². The highest BCUT2D eigenvalue weighted by Crippen LogP contribution is 2.25. The monoisotopic (exact) mass is 356 g/mol. The molecule has 0 aromatic carbocycles. The average molecular weight is 357 g/mol. The maximum absolute atomic E-state index is 6.06. The lowest BCUT2D eigenvalue weighted by Gasteiger charge is -2.10. The number of nitrogens with zero attached hydrogens (tertiary/aromatic N) is 4. The highest BCUT2D eigenvalue weighted by molar-refractivity contribution is 5.74. The molecule has 142 valence electrons. The third-order valence-electron chi connectivity index (χ3n) is 4.50. The second kappa shape index (κ2) is 10.7. The van der Waals surface area contributed by atoms with Crippen molar-refractivity contribution in [2.75, 3.05) is 11.5 Å². The fourth-order valence-corrected chi connectivity index (χ4v) is 2.93. The van der Waals surface area contributed by atoms with Gasteiger partial charge in [0.1, 0.15) is 11.4 Å². The molecule has 0 amide bonds. The van der Waals surface area contributed by atoms with Crippen molar-refractivity contribution < 1.29 is 0 Å². The van der Waals surface area contributed by atoms with E-state index in [1.54, 1.807) is 12.4 Å². The van der Waals surface area contributed by atoms with Crippen molar-refractivity contribution in [3.05, 3.63) is 23.8 Å². The van der Waals surface area contributed by atoms with Crippen LogP contribution in [0.5, 0.6) is 0 Å². The maximum atomic E-state index is 6.06. The summed E-state index contributed by atoms with van der Waals surface area (Å²) >= 11 is 0. The number of rotatable bonds is 11. The molecule has 0 saturated heterocycles. The number of unbranched alkanes of at least 4 members (excludes halogenated alkanes) is 6. The molecule has 26 heavy (non-hydrogen) atoms. The molecule has 2 heterocycles. The molecule has 4 N–H and O–H groups in total. The quantitative estimate of drug-likeness (QED) is 0.580. The molecule has 0 aliphatic rings. The molecule has 0 aliphatic heterocycles. The van der Waals surface area contributed by atoms with Crippen molar-refractivity contribution in [1.29, 1.82) is 0 Å². The Balaban J connectivity index is 2.15. The molecule has 0 aliphatic carbocycles. The van der Waals surface area contributed by atoms with Crippen LogP contribution >= 0.6 is 0 Å². The van der Waals surface area contributed by atoms with E-state index in [9.17, 15) is 0 Å². The first kappa shape index (κ1) is 20.1. The van der Waals surface area contributed by atoms with Gasteiger partial charge in [0.2, 0.25) is 0 Å². The summed E-state index contributed by atoms with van der Waals surface area (Å²) in [5, 5.41) is 0. The first-order valence-electron chi connectivity index (χ1n) is 9.88. The number of hydrogen-bond donors (Lipinski definition) is 2. The second-order valence-electron chi connectivity index (χ2n) is 6.81. The number of hydrogen-bond acceptors (Lipinski definition) is 6. The van der Waals surface area contributed by atoms with Crippen molar-refractivity contribution in [2.45, 2.75) is 78.1 Å². The van der Waals surface area contributed by atoms with Crippen LogP contribution in [0.4, 0.5) is 11.6 Å². The highest BCUT2D eigenvalue weighted by Gasteiger charge is 2.14. The van der Waals surface area contributed by atoms with Crippen LogP contribution in [0, 0.1) is 0 Å². The van der Waals surface area contributed by atoms with Gasteiger partial charge in [-0.25, -0.2) is 19.9 Å². The smallest absolute Gasteiger partial charge is 0.151 e. The molecule has 2 rings (SSSR count). The summed E-state index contributed by atoms with van der Waals surface area (Å²) in [7, 11) is 0. The molecular formula is C20H32N6. The minimum atomic E-state index is 0.353. The van der Waals surface area contributed by atoms with E-state index in [0.717, 1.165) is 37.1 Å². The molecule has 0 atom stereocenters. The van der Waals surface area contributed by atoms with Crippen molar-refractivity contribution in [3.8, 4) is 11.4 Å². The van der Waals surface area contributed by atoms with Crippen LogP contribution < -0.4 is 11.5 Å². The fourth-order valence-electron chi connectivity index (χ4n) is 2.93. The summed E-state index contributed by atoms with van der Waals surface area (Å²) in [5.41, 5.74) is 15.1. The van der Waals surface area contributed by atoms with Gasteiger partial charge in [-0.05, 0) is 25.7 Å². The van der Waals surface area contributed by atoms with Crippen molar-refractivity contribution in [2.24, 2.45) is 0 Å². The van der Waals surface area contributed by atoms with Gasteiger partial charge in [-0.15, -0.1) is 0 Å². The molecule has 0 fully saturated rings. The second-order valence-corrected chi connectivity index (χ2v) is 6.81. The predicted octanol–water partition coefficient (Wildman–Crippen LogP) is 4.34. The van der Waals surface area contributed by atoms with Gasteiger partial charge < -0.3 is 11.5 Å². The van der Waals surface area contributed by atoms with Crippen LogP contribution in [0.3, 0.4) is 0 Å². The predicted molar refractivity (Wildman–Crippen MR) is 108 cm³/mol. The van der Waals surface area contributed by atoms with E-state index in [0.29, 0.717) is 23.0 Å². The van der Waals surface area contributed by atoms with Gasteiger partial charge in [-0.2, -0.15) is 0 Å². The first-order valence-corrected chi connectivity index (χ1v) is 9.88. The first-order chi connectivity index (χ1) is 12.7. The van der Waals surface area contributed by atoms with E-state index in [2.05, 4.69) is 33.8 Å². The lowest BCUT2D eigenvalue weighted by molar-refractivity contribution is 0.658. The minimum absolute atomic E-state index is 0.353. The summed E-state index contributed by atoms with van der Waals surface area (Å²) in [6.07, 6.45) is 14.8. The van der Waals surface area contributed by atoms with Crippen LogP contribution in [0.25, 0.3) is 11.4 Å². The van der Waals surface area contributed by atoms with Crippen LogP contribution in [-0.4, -0.2) is 19.9 Å². The van der Waals surface area contributed by atoms with E-state index >= 15 is 0 Å². The molecular weight excluding hydrogens is 324 g/mol. The zero-order valence-corrected chi connectivity index (χ0v) is 16.2. The summed E-state index contributed by atoms with van der Waals surface area (Å²) in [6.45, 7) is 4.41. The van der Waals surface area contributed by atoms with Gasteiger partial charge in [0, 0.05) is 0 Å². The average Bonchev–Trinajstić information content (AvgIpc) is 2.65. The molecule has 0 saturated carbocycles. The Bertz CT molecular complexity index is 626. The molecule has 0 radical (unpaired) electrons. The molecule has 2 aromatic rings. The summed E-state index contributed by atoms with van der Waals surface area (Å²) in [5.74, 6) is 0.706. The molecule has 2 aromatic heterocycles. The van der Waals surface area contributed by atoms with Crippen LogP contribution in [0.1, 0.15) is 76.6 Å². The fraction of sp³-hybridized carbons (Fsp3) is 0.600. The van der Waals surface area contributed by atoms with Crippen molar-refractivity contribution in [3.63, 3.8) is 0 Å². The van der Waals surface area contributed by atoms with Crippen molar-refractivity contribution in [1.82, 2.24) is 19.9 Å². The minimum Gasteiger partial charge on any atom is -0.382 e. The Morgan fingerprint density at radius 3 is 1.46 bits per heavy atom. The van der Waals surface area contributed by atoms with E-state index in [4.69, 9.17) is 11.5 Å². The zero-order valence-electron chi connectivity index (χ0n) is 16.2. The normalized spacial score (nSPS) is 11.0. The largest absolute Gasteiger partial charge is 0.382 e. The zero-order chi connectivity index (χ0) is 18.8. The van der Waals surface area contributed by atoms with Crippen molar-refractivity contribution >= 4 is 11.6 Å². The number of nitrogen functional groups attached to an aromatic ring is 2. The molecule has 0 bridgehead atoms. The van der Waals surface area contributed by atoms with Gasteiger partial charge in [-0.1, -0.05) is 52.4 Å². The summed E-state index contributed by atoms with van der Waals surface area (Å²) in [6, 6.07) is 0. The van der Waals surface area contributed by atoms with E-state index in [-0.39, 0.29) is 0 Å². The SMILES string of the molecule is CCCCCCc1cnc(N)c(-c2nc(CCCCCC)cnc2N)n1. The third kappa shape index (κ3) is 5.93. The van der Waals surface area contributed by atoms with E-state index < -0.39 is 0 Å². The Morgan fingerprint density at radius 1 is 0.654 bits per heavy atom. The van der Waals surface area contributed by atoms with Gasteiger partial charge in [0.05, 0.1) is 23.8 Å². The van der Waals surface area contributed by atoms with Gasteiger partial charge >= 0.3 is 0 Å². The number of nitrogens with two attached hydrogens (primary N) is 2. The number of aryl methyl sites for hydroxylation is 2. The lowest BCUT2D eigenvalue weighted by Crippen LogP contribution is -2.07. The molecule has 6 heteroatoms.